The van der Waals surface area contributed by atoms with E-state index < -0.39 is 0 Å². The Labute approximate surface area is 98.5 Å². The first-order valence-electron chi connectivity index (χ1n) is 7.13. The third-order valence-corrected chi connectivity index (χ3v) is 5.69. The van der Waals surface area contributed by atoms with Gasteiger partial charge in [0.2, 0.25) is 0 Å². The van der Waals surface area contributed by atoms with Crippen molar-refractivity contribution in [1.82, 2.24) is 0 Å². The Morgan fingerprint density at radius 1 is 1.00 bits per heavy atom. The summed E-state index contributed by atoms with van der Waals surface area (Å²) in [7, 11) is 0. The zero-order chi connectivity index (χ0) is 10.5. The van der Waals surface area contributed by atoms with Gasteiger partial charge in [-0.1, -0.05) is 36.7 Å². The van der Waals surface area contributed by atoms with Gasteiger partial charge in [-0.3, -0.25) is 0 Å². The van der Waals surface area contributed by atoms with Gasteiger partial charge in [0.1, 0.15) is 0 Å². The molecule has 5 unspecified atom stereocenters. The molecule has 0 heterocycles. The molecule has 0 bridgehead atoms. The van der Waals surface area contributed by atoms with Crippen molar-refractivity contribution in [3.8, 4) is 11.8 Å². The van der Waals surface area contributed by atoms with Crippen LogP contribution in [-0.2, 0) is 0 Å². The van der Waals surface area contributed by atoms with Crippen LogP contribution < -0.4 is 0 Å². The predicted octanol–water partition coefficient (Wildman–Crippen LogP) is 3.78. The fourth-order valence-electron chi connectivity index (χ4n) is 5.11. The number of rotatable bonds is 0. The molecular formula is C16H20. The van der Waals surface area contributed by atoms with Crippen molar-refractivity contribution in [3.63, 3.8) is 0 Å². The Balaban J connectivity index is 1.76. The molecule has 0 aromatic heterocycles. The first kappa shape index (κ1) is 9.34. The molecule has 0 heteroatoms. The fraction of sp³-hybridized carbons (Fsp3) is 0.750. The van der Waals surface area contributed by atoms with Gasteiger partial charge in [0.05, 0.1) is 0 Å². The summed E-state index contributed by atoms with van der Waals surface area (Å²) in [5.74, 6) is 11.6. The molecule has 0 amide bonds. The summed E-state index contributed by atoms with van der Waals surface area (Å²) >= 11 is 0. The van der Waals surface area contributed by atoms with Gasteiger partial charge in [-0.25, -0.2) is 0 Å². The lowest BCUT2D eigenvalue weighted by atomic mass is 9.52. The van der Waals surface area contributed by atoms with Crippen molar-refractivity contribution in [2.75, 3.05) is 0 Å². The average Bonchev–Trinajstić information content (AvgIpc) is 2.36. The highest BCUT2D eigenvalue weighted by atomic mass is 14.5. The molecule has 4 aliphatic carbocycles. The minimum atomic E-state index is 0.738. The SMILES string of the molecule is C1#CC2CCC3CCCC4CCC(=C1)C2C43. The van der Waals surface area contributed by atoms with Crippen LogP contribution in [0.3, 0.4) is 0 Å². The summed E-state index contributed by atoms with van der Waals surface area (Å²) in [4.78, 5) is 0. The van der Waals surface area contributed by atoms with Gasteiger partial charge in [-0.15, -0.1) is 0 Å². The maximum absolute atomic E-state index is 3.51. The van der Waals surface area contributed by atoms with Crippen LogP contribution in [0.15, 0.2) is 11.6 Å². The number of hydrogen-bond donors (Lipinski definition) is 0. The fourth-order valence-corrected chi connectivity index (χ4v) is 5.11. The molecule has 0 aromatic rings. The number of allylic oxidation sites excluding steroid dienone is 2. The molecular weight excluding hydrogens is 192 g/mol. The maximum atomic E-state index is 3.51. The molecule has 0 aromatic carbocycles. The van der Waals surface area contributed by atoms with Gasteiger partial charge in [0.15, 0.2) is 0 Å². The van der Waals surface area contributed by atoms with Crippen LogP contribution in [0.2, 0.25) is 0 Å². The Kier molecular flexibility index (Phi) is 1.98. The predicted molar refractivity (Wildman–Crippen MR) is 65.6 cm³/mol. The van der Waals surface area contributed by atoms with Crippen LogP contribution in [0.1, 0.15) is 44.9 Å². The standard InChI is InChI=1S/C16H20/c1-3-11-7-9-13-5-2-6-14-10-8-12(4-1)15(11)16(13)14/h5,11-12,14-16H,1,3-4,7-10H2. The van der Waals surface area contributed by atoms with Crippen molar-refractivity contribution in [1.29, 1.82) is 0 Å². The maximum Gasteiger partial charge on any atom is 0.0275 e. The molecule has 84 valence electrons. The second-order valence-electron chi connectivity index (χ2n) is 6.28. The largest absolute Gasteiger partial charge is 0.0945 e. The Hall–Kier alpha value is -0.700. The summed E-state index contributed by atoms with van der Waals surface area (Å²) in [5.41, 5.74) is 1.73. The van der Waals surface area contributed by atoms with E-state index in [4.69, 9.17) is 0 Å². The number of hydrogen-bond acceptors (Lipinski definition) is 0. The second kappa shape index (κ2) is 3.39. The van der Waals surface area contributed by atoms with E-state index in [1.165, 1.54) is 44.9 Å². The van der Waals surface area contributed by atoms with Gasteiger partial charge < -0.3 is 0 Å². The van der Waals surface area contributed by atoms with E-state index in [9.17, 15) is 0 Å². The van der Waals surface area contributed by atoms with Crippen molar-refractivity contribution in [3.05, 3.63) is 11.6 Å². The van der Waals surface area contributed by atoms with Gasteiger partial charge in [0.25, 0.3) is 0 Å². The van der Waals surface area contributed by atoms with Crippen LogP contribution in [-0.4, -0.2) is 0 Å². The second-order valence-corrected chi connectivity index (χ2v) is 6.28. The van der Waals surface area contributed by atoms with Crippen molar-refractivity contribution >= 4 is 0 Å². The van der Waals surface area contributed by atoms with Gasteiger partial charge in [0, 0.05) is 5.92 Å². The zero-order valence-corrected chi connectivity index (χ0v) is 9.91. The van der Waals surface area contributed by atoms with E-state index >= 15 is 0 Å². The summed E-state index contributed by atoms with van der Waals surface area (Å²) in [6.07, 6.45) is 12.5. The third-order valence-electron chi connectivity index (χ3n) is 5.69. The van der Waals surface area contributed by atoms with Gasteiger partial charge >= 0.3 is 0 Å². The molecule has 4 aliphatic rings. The molecule has 5 atom stereocenters. The van der Waals surface area contributed by atoms with Gasteiger partial charge in [-0.2, -0.15) is 0 Å². The Morgan fingerprint density at radius 3 is 2.81 bits per heavy atom. The lowest BCUT2D eigenvalue weighted by Crippen LogP contribution is -2.45. The summed E-state index contributed by atoms with van der Waals surface area (Å²) in [5, 5.41) is 0. The first-order chi connectivity index (χ1) is 7.93. The molecule has 3 saturated carbocycles. The van der Waals surface area contributed by atoms with Crippen LogP contribution in [0.4, 0.5) is 0 Å². The highest BCUT2D eigenvalue weighted by Crippen LogP contribution is 2.56. The third kappa shape index (κ3) is 1.18. The summed E-state index contributed by atoms with van der Waals surface area (Å²) in [6, 6.07) is 0. The minimum Gasteiger partial charge on any atom is -0.0945 e. The highest BCUT2D eigenvalue weighted by molar-refractivity contribution is 5.34. The van der Waals surface area contributed by atoms with Gasteiger partial charge in [-0.05, 0) is 55.4 Å². The van der Waals surface area contributed by atoms with Crippen LogP contribution >= 0.6 is 0 Å². The van der Waals surface area contributed by atoms with Crippen LogP contribution in [0.5, 0.6) is 0 Å². The smallest absolute Gasteiger partial charge is 0.0275 e. The van der Waals surface area contributed by atoms with Crippen molar-refractivity contribution < 1.29 is 0 Å². The van der Waals surface area contributed by atoms with E-state index in [0.717, 1.165) is 29.6 Å². The van der Waals surface area contributed by atoms with Crippen molar-refractivity contribution in [2.45, 2.75) is 44.9 Å². The molecule has 0 spiro atoms. The van der Waals surface area contributed by atoms with E-state index in [-0.39, 0.29) is 0 Å². The molecule has 4 rings (SSSR count). The molecule has 16 heavy (non-hydrogen) atoms. The average molecular weight is 212 g/mol. The lowest BCUT2D eigenvalue weighted by Gasteiger charge is -2.52. The van der Waals surface area contributed by atoms with E-state index in [1.807, 2.05) is 0 Å². The molecule has 3 fully saturated rings. The first-order valence-corrected chi connectivity index (χ1v) is 7.13. The quantitative estimate of drug-likeness (QED) is 0.536. The van der Waals surface area contributed by atoms with E-state index in [1.54, 1.807) is 5.57 Å². The van der Waals surface area contributed by atoms with E-state index in [2.05, 4.69) is 17.9 Å². The zero-order valence-electron chi connectivity index (χ0n) is 9.91. The molecule has 0 radical (unpaired) electrons. The Morgan fingerprint density at radius 2 is 1.88 bits per heavy atom. The van der Waals surface area contributed by atoms with Crippen molar-refractivity contribution in [2.24, 2.45) is 29.6 Å². The molecule has 0 saturated heterocycles. The summed E-state index contributed by atoms with van der Waals surface area (Å²) in [6.45, 7) is 0. The monoisotopic (exact) mass is 212 g/mol. The lowest BCUT2D eigenvalue weighted by molar-refractivity contribution is 0.0208. The summed E-state index contributed by atoms with van der Waals surface area (Å²) < 4.78 is 0. The normalized spacial score (nSPS) is 48.5. The highest BCUT2D eigenvalue weighted by Gasteiger charge is 2.48. The molecule has 0 N–H and O–H groups in total. The molecule has 0 aliphatic heterocycles. The van der Waals surface area contributed by atoms with Crippen LogP contribution in [0.25, 0.3) is 0 Å². The Bertz CT molecular complexity index is 386. The van der Waals surface area contributed by atoms with Crippen LogP contribution in [0, 0.1) is 41.4 Å². The topological polar surface area (TPSA) is 0 Å². The van der Waals surface area contributed by atoms with E-state index in [0.29, 0.717) is 0 Å². The molecule has 0 nitrogen and oxygen atoms in total. The minimum absolute atomic E-state index is 0.738.